The van der Waals surface area contributed by atoms with Gasteiger partial charge in [0.1, 0.15) is 0 Å². The van der Waals surface area contributed by atoms with Crippen LogP contribution in [0.2, 0.25) is 0 Å². The Balaban J connectivity index is 2.27. The van der Waals surface area contributed by atoms with Gasteiger partial charge in [0.2, 0.25) is 0 Å². The predicted molar refractivity (Wildman–Crippen MR) is 51.0 cm³/mol. The fraction of sp³-hybridized carbons (Fsp3) is 0.750. The van der Waals surface area contributed by atoms with Crippen LogP contribution in [0.15, 0.2) is 5.38 Å². The molecule has 1 aromatic rings. The van der Waals surface area contributed by atoms with Gasteiger partial charge in [-0.05, 0) is 24.4 Å². The fourth-order valence-corrected chi connectivity index (χ4v) is 1.21. The maximum absolute atomic E-state index is 3.95. The van der Waals surface area contributed by atoms with Crippen molar-refractivity contribution in [3.63, 3.8) is 0 Å². The zero-order valence-corrected chi connectivity index (χ0v) is 8.56. The Morgan fingerprint density at radius 2 is 2.25 bits per heavy atom. The Morgan fingerprint density at radius 3 is 2.75 bits per heavy atom. The van der Waals surface area contributed by atoms with E-state index in [1.165, 1.54) is 11.5 Å². The van der Waals surface area contributed by atoms with Crippen LogP contribution in [0.4, 0.5) is 0 Å². The van der Waals surface area contributed by atoms with Crippen LogP contribution in [-0.4, -0.2) is 15.6 Å². The van der Waals surface area contributed by atoms with Crippen molar-refractivity contribution in [2.24, 2.45) is 5.92 Å². The molecule has 4 heteroatoms. The standard InChI is InChI=1S/C8H15N3S/c1-6(2)7(3)9-4-8-5-12-11-10-8/h5-7,9H,4H2,1-3H3/t7-/m0/s1. The second kappa shape index (κ2) is 4.52. The van der Waals surface area contributed by atoms with Crippen LogP contribution < -0.4 is 5.32 Å². The number of nitrogens with zero attached hydrogens (tertiary/aromatic N) is 2. The molecule has 0 aliphatic carbocycles. The molecule has 0 radical (unpaired) electrons. The summed E-state index contributed by atoms with van der Waals surface area (Å²) in [7, 11) is 0. The van der Waals surface area contributed by atoms with Crippen molar-refractivity contribution in [1.29, 1.82) is 0 Å². The molecule has 1 N–H and O–H groups in total. The lowest BCUT2D eigenvalue weighted by Crippen LogP contribution is -2.30. The van der Waals surface area contributed by atoms with Crippen molar-refractivity contribution in [3.05, 3.63) is 11.1 Å². The Bertz CT molecular complexity index is 208. The third kappa shape index (κ3) is 2.87. The SMILES string of the molecule is CC(C)[C@H](C)NCc1csnn1. The van der Waals surface area contributed by atoms with E-state index in [-0.39, 0.29) is 0 Å². The third-order valence-electron chi connectivity index (χ3n) is 2.01. The first kappa shape index (κ1) is 9.61. The highest BCUT2D eigenvalue weighted by Gasteiger charge is 2.06. The van der Waals surface area contributed by atoms with Gasteiger partial charge in [0.15, 0.2) is 0 Å². The molecule has 1 heterocycles. The number of aromatic nitrogens is 2. The van der Waals surface area contributed by atoms with Gasteiger partial charge in [-0.15, -0.1) is 5.10 Å². The average Bonchev–Trinajstić information content (AvgIpc) is 2.51. The molecule has 1 rings (SSSR count). The summed E-state index contributed by atoms with van der Waals surface area (Å²) in [5, 5.41) is 9.31. The minimum Gasteiger partial charge on any atom is -0.308 e. The van der Waals surface area contributed by atoms with Gasteiger partial charge >= 0.3 is 0 Å². The maximum Gasteiger partial charge on any atom is 0.0893 e. The van der Waals surface area contributed by atoms with E-state index in [9.17, 15) is 0 Å². The largest absolute Gasteiger partial charge is 0.308 e. The van der Waals surface area contributed by atoms with Crippen LogP contribution >= 0.6 is 11.5 Å². The van der Waals surface area contributed by atoms with E-state index in [2.05, 4.69) is 35.7 Å². The molecule has 0 bridgehead atoms. The second-order valence-electron chi connectivity index (χ2n) is 3.31. The minimum absolute atomic E-state index is 0.534. The normalized spacial score (nSPS) is 13.7. The first-order valence-electron chi connectivity index (χ1n) is 4.19. The maximum atomic E-state index is 3.95. The molecule has 0 aliphatic heterocycles. The van der Waals surface area contributed by atoms with Gasteiger partial charge in [0, 0.05) is 18.0 Å². The number of hydrogen-bond acceptors (Lipinski definition) is 4. The first-order chi connectivity index (χ1) is 5.70. The Morgan fingerprint density at radius 1 is 1.50 bits per heavy atom. The molecule has 0 fully saturated rings. The van der Waals surface area contributed by atoms with Crippen LogP contribution in [0.25, 0.3) is 0 Å². The van der Waals surface area contributed by atoms with E-state index >= 15 is 0 Å². The molecule has 0 aliphatic rings. The molecule has 68 valence electrons. The summed E-state index contributed by atoms with van der Waals surface area (Å²) in [6.45, 7) is 7.42. The molecule has 0 amide bonds. The van der Waals surface area contributed by atoms with Crippen molar-refractivity contribution >= 4 is 11.5 Å². The number of nitrogens with one attached hydrogen (secondary N) is 1. The molecule has 0 saturated carbocycles. The zero-order chi connectivity index (χ0) is 8.97. The van der Waals surface area contributed by atoms with Crippen LogP contribution in [0.3, 0.4) is 0 Å². The van der Waals surface area contributed by atoms with E-state index in [0.717, 1.165) is 12.2 Å². The summed E-state index contributed by atoms with van der Waals surface area (Å²) in [4.78, 5) is 0. The first-order valence-corrected chi connectivity index (χ1v) is 5.03. The third-order valence-corrected chi connectivity index (χ3v) is 2.56. The van der Waals surface area contributed by atoms with E-state index in [1.807, 2.05) is 5.38 Å². The molecule has 12 heavy (non-hydrogen) atoms. The highest BCUT2D eigenvalue weighted by Crippen LogP contribution is 2.02. The van der Waals surface area contributed by atoms with Gasteiger partial charge in [0.25, 0.3) is 0 Å². The Labute approximate surface area is 77.4 Å². The fourth-order valence-electron chi connectivity index (χ4n) is 0.762. The van der Waals surface area contributed by atoms with Gasteiger partial charge in [-0.25, -0.2) is 0 Å². The van der Waals surface area contributed by atoms with Crippen molar-refractivity contribution in [3.8, 4) is 0 Å². The van der Waals surface area contributed by atoms with Gasteiger partial charge < -0.3 is 5.32 Å². The summed E-state index contributed by atoms with van der Waals surface area (Å²) in [5.41, 5.74) is 1.03. The smallest absolute Gasteiger partial charge is 0.0893 e. The molecule has 0 saturated heterocycles. The molecule has 1 aromatic heterocycles. The van der Waals surface area contributed by atoms with Crippen LogP contribution in [0.1, 0.15) is 26.5 Å². The van der Waals surface area contributed by atoms with Crippen molar-refractivity contribution < 1.29 is 0 Å². The second-order valence-corrected chi connectivity index (χ2v) is 3.92. The van der Waals surface area contributed by atoms with Crippen LogP contribution in [0.5, 0.6) is 0 Å². The van der Waals surface area contributed by atoms with Gasteiger partial charge in [-0.3, -0.25) is 0 Å². The topological polar surface area (TPSA) is 37.8 Å². The minimum atomic E-state index is 0.534. The van der Waals surface area contributed by atoms with Crippen molar-refractivity contribution in [2.45, 2.75) is 33.4 Å². The molecule has 0 spiro atoms. The summed E-state index contributed by atoms with van der Waals surface area (Å²) in [6.07, 6.45) is 0. The van der Waals surface area contributed by atoms with E-state index in [4.69, 9.17) is 0 Å². The van der Waals surface area contributed by atoms with Crippen molar-refractivity contribution in [2.75, 3.05) is 0 Å². The van der Waals surface area contributed by atoms with E-state index < -0.39 is 0 Å². The summed E-state index contributed by atoms with van der Waals surface area (Å²) >= 11 is 1.40. The molecular weight excluding hydrogens is 170 g/mol. The lowest BCUT2D eigenvalue weighted by atomic mass is 10.1. The van der Waals surface area contributed by atoms with Crippen LogP contribution in [0, 0.1) is 5.92 Å². The van der Waals surface area contributed by atoms with E-state index in [1.54, 1.807) is 0 Å². The summed E-state index contributed by atoms with van der Waals surface area (Å²) in [6, 6.07) is 0.534. The predicted octanol–water partition coefficient (Wildman–Crippen LogP) is 1.67. The quantitative estimate of drug-likeness (QED) is 0.775. The zero-order valence-electron chi connectivity index (χ0n) is 7.74. The highest BCUT2D eigenvalue weighted by atomic mass is 32.1. The Kier molecular flexibility index (Phi) is 3.62. The molecule has 3 nitrogen and oxygen atoms in total. The van der Waals surface area contributed by atoms with Gasteiger partial charge in [-0.2, -0.15) is 0 Å². The van der Waals surface area contributed by atoms with E-state index in [0.29, 0.717) is 12.0 Å². The number of hydrogen-bond donors (Lipinski definition) is 1. The summed E-state index contributed by atoms with van der Waals surface area (Å²) < 4.78 is 3.80. The monoisotopic (exact) mass is 185 g/mol. The Hall–Kier alpha value is -0.480. The lowest BCUT2D eigenvalue weighted by molar-refractivity contribution is 0.424. The summed E-state index contributed by atoms with van der Waals surface area (Å²) in [5.74, 6) is 0.664. The molecule has 0 unspecified atom stereocenters. The van der Waals surface area contributed by atoms with Gasteiger partial charge in [0.05, 0.1) is 5.69 Å². The molecular formula is C8H15N3S. The average molecular weight is 185 g/mol. The molecule has 1 atom stereocenters. The van der Waals surface area contributed by atoms with Crippen molar-refractivity contribution in [1.82, 2.24) is 14.9 Å². The lowest BCUT2D eigenvalue weighted by Gasteiger charge is -2.16. The van der Waals surface area contributed by atoms with Crippen LogP contribution in [-0.2, 0) is 6.54 Å². The van der Waals surface area contributed by atoms with Gasteiger partial charge in [-0.1, -0.05) is 18.3 Å². The number of rotatable bonds is 4. The molecule has 0 aromatic carbocycles. The highest BCUT2D eigenvalue weighted by molar-refractivity contribution is 7.03.